The van der Waals surface area contributed by atoms with E-state index in [0.717, 1.165) is 37.8 Å². The molecule has 0 radical (unpaired) electrons. The molecular formula is C12H15F2NO. The maximum atomic E-state index is 12.9. The van der Waals surface area contributed by atoms with Crippen LogP contribution in [0.25, 0.3) is 0 Å². The number of halogens is 2. The van der Waals surface area contributed by atoms with Crippen LogP contribution in [0.2, 0.25) is 0 Å². The van der Waals surface area contributed by atoms with E-state index in [9.17, 15) is 13.9 Å². The summed E-state index contributed by atoms with van der Waals surface area (Å²) in [4.78, 5) is 0. The highest BCUT2D eigenvalue weighted by atomic mass is 19.2. The molecule has 0 aromatic heterocycles. The van der Waals surface area contributed by atoms with Gasteiger partial charge in [0.15, 0.2) is 11.6 Å². The van der Waals surface area contributed by atoms with E-state index in [4.69, 9.17) is 0 Å². The third-order valence-electron chi connectivity index (χ3n) is 3.08. The quantitative estimate of drug-likeness (QED) is 0.832. The zero-order valence-corrected chi connectivity index (χ0v) is 8.97. The van der Waals surface area contributed by atoms with Crippen molar-refractivity contribution in [2.24, 2.45) is 0 Å². The number of anilines is 1. The average molecular weight is 227 g/mol. The minimum atomic E-state index is -0.872. The number of aliphatic hydroxyl groups is 1. The molecule has 0 atom stereocenters. The molecule has 1 aliphatic carbocycles. The molecule has 2 nitrogen and oxygen atoms in total. The first-order valence-corrected chi connectivity index (χ1v) is 5.50. The SMILES string of the molecule is OC1(CNc2ccc(F)c(F)c2)CCCC1. The van der Waals surface area contributed by atoms with E-state index in [1.165, 1.54) is 6.07 Å². The Kier molecular flexibility index (Phi) is 3.10. The molecule has 0 bridgehead atoms. The van der Waals surface area contributed by atoms with Crippen molar-refractivity contribution in [1.82, 2.24) is 0 Å². The molecular weight excluding hydrogens is 212 g/mol. The van der Waals surface area contributed by atoms with Gasteiger partial charge in [0.05, 0.1) is 5.60 Å². The Bertz CT molecular complexity index is 375. The minimum Gasteiger partial charge on any atom is -0.388 e. The largest absolute Gasteiger partial charge is 0.388 e. The highest BCUT2D eigenvalue weighted by molar-refractivity contribution is 5.43. The van der Waals surface area contributed by atoms with Gasteiger partial charge in [0.25, 0.3) is 0 Å². The second kappa shape index (κ2) is 4.37. The highest BCUT2D eigenvalue weighted by Crippen LogP contribution is 2.29. The van der Waals surface area contributed by atoms with Gasteiger partial charge in [-0.1, -0.05) is 12.8 Å². The summed E-state index contributed by atoms with van der Waals surface area (Å²) in [5.74, 6) is -1.73. The third kappa shape index (κ3) is 2.50. The van der Waals surface area contributed by atoms with E-state index >= 15 is 0 Å². The smallest absolute Gasteiger partial charge is 0.160 e. The number of hydrogen-bond donors (Lipinski definition) is 2. The van der Waals surface area contributed by atoms with Gasteiger partial charge >= 0.3 is 0 Å². The zero-order valence-electron chi connectivity index (χ0n) is 8.97. The summed E-state index contributed by atoms with van der Waals surface area (Å²) in [6, 6.07) is 3.65. The Morgan fingerprint density at radius 3 is 2.50 bits per heavy atom. The Morgan fingerprint density at radius 2 is 1.88 bits per heavy atom. The lowest BCUT2D eigenvalue weighted by atomic mass is 10.0. The Labute approximate surface area is 93.3 Å². The van der Waals surface area contributed by atoms with E-state index in [1.807, 2.05) is 0 Å². The van der Waals surface area contributed by atoms with Crippen molar-refractivity contribution in [3.8, 4) is 0 Å². The lowest BCUT2D eigenvalue weighted by Gasteiger charge is -2.23. The van der Waals surface area contributed by atoms with Crippen LogP contribution in [0.15, 0.2) is 18.2 Å². The standard InChI is InChI=1S/C12H15F2NO/c13-10-4-3-9(7-11(10)14)15-8-12(16)5-1-2-6-12/h3-4,7,15-16H,1-2,5-6,8H2. The molecule has 0 heterocycles. The van der Waals surface area contributed by atoms with Crippen LogP contribution in [0.4, 0.5) is 14.5 Å². The van der Waals surface area contributed by atoms with Crippen LogP contribution in [0.3, 0.4) is 0 Å². The van der Waals surface area contributed by atoms with E-state index in [1.54, 1.807) is 0 Å². The zero-order chi connectivity index (χ0) is 11.6. The van der Waals surface area contributed by atoms with Crippen LogP contribution in [0, 0.1) is 11.6 Å². The fraction of sp³-hybridized carbons (Fsp3) is 0.500. The van der Waals surface area contributed by atoms with Crippen molar-refractivity contribution in [2.75, 3.05) is 11.9 Å². The summed E-state index contributed by atoms with van der Waals surface area (Å²) in [6.07, 6.45) is 3.58. The molecule has 1 aromatic carbocycles. The first-order chi connectivity index (χ1) is 7.59. The predicted octanol–water partition coefficient (Wildman–Crippen LogP) is 2.68. The highest BCUT2D eigenvalue weighted by Gasteiger charge is 2.30. The van der Waals surface area contributed by atoms with Gasteiger partial charge in [-0.2, -0.15) is 0 Å². The summed E-state index contributed by atoms with van der Waals surface area (Å²) < 4.78 is 25.6. The molecule has 1 fully saturated rings. The molecule has 0 saturated heterocycles. The monoisotopic (exact) mass is 227 g/mol. The van der Waals surface area contributed by atoms with E-state index in [0.29, 0.717) is 12.2 Å². The van der Waals surface area contributed by atoms with Gasteiger partial charge in [-0.3, -0.25) is 0 Å². The molecule has 2 rings (SSSR count). The molecule has 0 amide bonds. The van der Waals surface area contributed by atoms with Gasteiger partial charge in [-0.25, -0.2) is 8.78 Å². The van der Waals surface area contributed by atoms with Gasteiger partial charge in [0.2, 0.25) is 0 Å². The molecule has 4 heteroatoms. The molecule has 1 aliphatic rings. The van der Waals surface area contributed by atoms with Crippen LogP contribution < -0.4 is 5.32 Å². The Balaban J connectivity index is 1.96. The number of nitrogens with one attached hydrogen (secondary N) is 1. The van der Waals surface area contributed by atoms with Gasteiger partial charge in [-0.15, -0.1) is 0 Å². The van der Waals surface area contributed by atoms with Gasteiger partial charge < -0.3 is 10.4 Å². The van der Waals surface area contributed by atoms with Crippen molar-refractivity contribution in [3.63, 3.8) is 0 Å². The Morgan fingerprint density at radius 1 is 1.19 bits per heavy atom. The van der Waals surface area contributed by atoms with E-state index < -0.39 is 17.2 Å². The summed E-state index contributed by atoms with van der Waals surface area (Å²) in [6.45, 7) is 0.387. The second-order valence-electron chi connectivity index (χ2n) is 4.41. The van der Waals surface area contributed by atoms with Crippen LogP contribution in [0.1, 0.15) is 25.7 Å². The fourth-order valence-electron chi connectivity index (χ4n) is 2.08. The molecule has 16 heavy (non-hydrogen) atoms. The average Bonchev–Trinajstić information content (AvgIpc) is 2.68. The van der Waals surface area contributed by atoms with Crippen LogP contribution >= 0.6 is 0 Å². The molecule has 88 valence electrons. The molecule has 1 saturated carbocycles. The summed E-state index contributed by atoms with van der Waals surface area (Å²) in [5.41, 5.74) is -0.190. The number of hydrogen-bond acceptors (Lipinski definition) is 2. The predicted molar refractivity (Wildman–Crippen MR) is 58.3 cm³/mol. The van der Waals surface area contributed by atoms with E-state index in [-0.39, 0.29) is 0 Å². The molecule has 0 aliphatic heterocycles. The van der Waals surface area contributed by atoms with Crippen molar-refractivity contribution < 1.29 is 13.9 Å². The van der Waals surface area contributed by atoms with Gasteiger partial charge in [0, 0.05) is 18.3 Å². The van der Waals surface area contributed by atoms with Gasteiger partial charge in [-0.05, 0) is 25.0 Å². The number of benzene rings is 1. The molecule has 2 N–H and O–H groups in total. The lowest BCUT2D eigenvalue weighted by Crippen LogP contribution is -2.33. The lowest BCUT2D eigenvalue weighted by molar-refractivity contribution is 0.0614. The topological polar surface area (TPSA) is 32.3 Å². The van der Waals surface area contributed by atoms with Crippen molar-refractivity contribution in [1.29, 1.82) is 0 Å². The maximum absolute atomic E-state index is 12.9. The van der Waals surface area contributed by atoms with Crippen LogP contribution in [0.5, 0.6) is 0 Å². The summed E-state index contributed by atoms with van der Waals surface area (Å²) >= 11 is 0. The first-order valence-electron chi connectivity index (χ1n) is 5.50. The molecule has 0 unspecified atom stereocenters. The number of rotatable bonds is 3. The molecule has 1 aromatic rings. The molecule has 0 spiro atoms. The normalized spacial score (nSPS) is 18.7. The maximum Gasteiger partial charge on any atom is 0.160 e. The second-order valence-corrected chi connectivity index (χ2v) is 4.41. The van der Waals surface area contributed by atoms with Crippen molar-refractivity contribution in [3.05, 3.63) is 29.8 Å². The Hall–Kier alpha value is -1.16. The first kappa shape index (κ1) is 11.3. The van der Waals surface area contributed by atoms with Gasteiger partial charge in [0.1, 0.15) is 0 Å². The van der Waals surface area contributed by atoms with Crippen molar-refractivity contribution >= 4 is 5.69 Å². The third-order valence-corrected chi connectivity index (χ3v) is 3.08. The summed E-state index contributed by atoms with van der Waals surface area (Å²) in [5, 5.41) is 13.0. The van der Waals surface area contributed by atoms with Crippen LogP contribution in [-0.4, -0.2) is 17.3 Å². The van der Waals surface area contributed by atoms with E-state index in [2.05, 4.69) is 5.32 Å². The minimum absolute atomic E-state index is 0.387. The van der Waals surface area contributed by atoms with Crippen molar-refractivity contribution in [2.45, 2.75) is 31.3 Å². The summed E-state index contributed by atoms with van der Waals surface area (Å²) in [7, 11) is 0. The fourth-order valence-corrected chi connectivity index (χ4v) is 2.08. The van der Waals surface area contributed by atoms with Crippen LogP contribution in [-0.2, 0) is 0 Å².